The van der Waals surface area contributed by atoms with E-state index in [-0.39, 0.29) is 12.1 Å². The SMILES string of the molecule is Fc1cc(F)c(CNCc2cc(Br)cs2)cc1F. The lowest BCUT2D eigenvalue weighted by Crippen LogP contribution is -2.13. The first kappa shape index (κ1) is 13.6. The van der Waals surface area contributed by atoms with Crippen LogP contribution >= 0.6 is 27.3 Å². The van der Waals surface area contributed by atoms with E-state index in [4.69, 9.17) is 0 Å². The first-order chi connectivity index (χ1) is 8.56. The van der Waals surface area contributed by atoms with Gasteiger partial charge in [0.2, 0.25) is 0 Å². The van der Waals surface area contributed by atoms with E-state index in [1.807, 2.05) is 11.4 Å². The van der Waals surface area contributed by atoms with Crippen molar-refractivity contribution in [3.8, 4) is 0 Å². The third-order valence-electron chi connectivity index (χ3n) is 2.33. The van der Waals surface area contributed by atoms with Crippen molar-refractivity contribution in [3.05, 3.63) is 55.9 Å². The molecule has 2 rings (SSSR count). The highest BCUT2D eigenvalue weighted by atomic mass is 79.9. The Hall–Kier alpha value is -0.850. The number of rotatable bonds is 4. The monoisotopic (exact) mass is 335 g/mol. The van der Waals surface area contributed by atoms with Gasteiger partial charge in [0.25, 0.3) is 0 Å². The van der Waals surface area contributed by atoms with Crippen LogP contribution in [0, 0.1) is 17.5 Å². The standard InChI is InChI=1S/C12H9BrF3NS/c13-8-2-9(18-6-8)5-17-4-7-1-11(15)12(16)3-10(7)14/h1-3,6,17H,4-5H2. The van der Waals surface area contributed by atoms with Crippen LogP contribution < -0.4 is 5.32 Å². The molecular weight excluding hydrogens is 327 g/mol. The van der Waals surface area contributed by atoms with Gasteiger partial charge in [-0.3, -0.25) is 0 Å². The predicted octanol–water partition coefficient (Wildman–Crippen LogP) is 4.22. The molecular formula is C12H9BrF3NS. The van der Waals surface area contributed by atoms with Gasteiger partial charge in [0.15, 0.2) is 11.6 Å². The van der Waals surface area contributed by atoms with Gasteiger partial charge in [0.05, 0.1) is 0 Å². The summed E-state index contributed by atoms with van der Waals surface area (Å²) in [7, 11) is 0. The molecule has 1 N–H and O–H groups in total. The molecule has 1 aromatic heterocycles. The molecule has 0 aliphatic carbocycles. The largest absolute Gasteiger partial charge is 0.308 e. The Morgan fingerprint density at radius 2 is 1.72 bits per heavy atom. The summed E-state index contributed by atoms with van der Waals surface area (Å²) in [6.45, 7) is 0.702. The highest BCUT2D eigenvalue weighted by Crippen LogP contribution is 2.19. The zero-order valence-corrected chi connectivity index (χ0v) is 11.5. The van der Waals surface area contributed by atoms with Crippen LogP contribution in [0.25, 0.3) is 0 Å². The number of benzene rings is 1. The predicted molar refractivity (Wildman–Crippen MR) is 68.9 cm³/mol. The van der Waals surface area contributed by atoms with Gasteiger partial charge in [0.1, 0.15) is 5.82 Å². The van der Waals surface area contributed by atoms with E-state index in [1.165, 1.54) is 0 Å². The maximum absolute atomic E-state index is 13.3. The smallest absolute Gasteiger partial charge is 0.161 e. The summed E-state index contributed by atoms with van der Waals surface area (Å²) in [6, 6.07) is 3.38. The van der Waals surface area contributed by atoms with E-state index in [1.54, 1.807) is 11.3 Å². The summed E-state index contributed by atoms with van der Waals surface area (Å²) in [5.74, 6) is -2.95. The van der Waals surface area contributed by atoms with Crippen molar-refractivity contribution in [2.24, 2.45) is 0 Å². The Labute approximate surface area is 115 Å². The summed E-state index contributed by atoms with van der Waals surface area (Å²) in [5, 5.41) is 4.92. The van der Waals surface area contributed by atoms with Crippen molar-refractivity contribution in [1.82, 2.24) is 5.32 Å². The fraction of sp³-hybridized carbons (Fsp3) is 0.167. The molecule has 0 radical (unpaired) electrons. The van der Waals surface area contributed by atoms with Gasteiger partial charge in [-0.05, 0) is 28.1 Å². The molecule has 0 atom stereocenters. The highest BCUT2D eigenvalue weighted by molar-refractivity contribution is 9.10. The molecule has 6 heteroatoms. The summed E-state index contributed by atoms with van der Waals surface area (Å²) in [6.07, 6.45) is 0. The lowest BCUT2D eigenvalue weighted by atomic mass is 10.2. The van der Waals surface area contributed by atoms with Crippen molar-refractivity contribution in [3.63, 3.8) is 0 Å². The molecule has 1 nitrogen and oxygen atoms in total. The van der Waals surface area contributed by atoms with Gasteiger partial charge >= 0.3 is 0 Å². The number of halogens is 4. The maximum atomic E-state index is 13.3. The van der Waals surface area contributed by atoms with Crippen LogP contribution in [0.4, 0.5) is 13.2 Å². The molecule has 0 amide bonds. The molecule has 0 spiro atoms. The maximum Gasteiger partial charge on any atom is 0.161 e. The first-order valence-corrected chi connectivity index (χ1v) is 6.80. The van der Waals surface area contributed by atoms with Crippen molar-refractivity contribution in [2.75, 3.05) is 0 Å². The van der Waals surface area contributed by atoms with E-state index >= 15 is 0 Å². The quantitative estimate of drug-likeness (QED) is 0.825. The zero-order valence-electron chi connectivity index (χ0n) is 9.14. The third-order valence-corrected chi connectivity index (χ3v) is 4.02. The van der Waals surface area contributed by atoms with Gasteiger partial charge in [-0.25, -0.2) is 13.2 Å². The summed E-state index contributed by atoms with van der Waals surface area (Å²) in [5.41, 5.74) is 0.115. The topological polar surface area (TPSA) is 12.0 Å². The minimum atomic E-state index is -1.17. The Balaban J connectivity index is 1.96. The molecule has 0 bridgehead atoms. The molecule has 0 aliphatic heterocycles. The fourth-order valence-electron chi connectivity index (χ4n) is 1.47. The van der Waals surface area contributed by atoms with Crippen molar-refractivity contribution >= 4 is 27.3 Å². The number of nitrogens with one attached hydrogen (secondary N) is 1. The van der Waals surface area contributed by atoms with Gasteiger partial charge in [-0.2, -0.15) is 0 Å². The van der Waals surface area contributed by atoms with Gasteiger partial charge in [0, 0.05) is 39.4 Å². The average molecular weight is 336 g/mol. The average Bonchev–Trinajstić information content (AvgIpc) is 2.71. The second-order valence-corrected chi connectivity index (χ2v) is 5.60. The summed E-state index contributed by atoms with van der Waals surface area (Å²) in [4.78, 5) is 1.07. The molecule has 96 valence electrons. The molecule has 0 unspecified atom stereocenters. The normalized spacial score (nSPS) is 10.9. The minimum absolute atomic E-state index is 0.115. The van der Waals surface area contributed by atoms with Gasteiger partial charge < -0.3 is 5.32 Å². The van der Waals surface area contributed by atoms with Crippen LogP contribution in [0.1, 0.15) is 10.4 Å². The third kappa shape index (κ3) is 3.34. The molecule has 2 aromatic rings. The van der Waals surface area contributed by atoms with E-state index in [0.717, 1.165) is 15.4 Å². The van der Waals surface area contributed by atoms with Gasteiger partial charge in [-0.1, -0.05) is 0 Å². The van der Waals surface area contributed by atoms with Crippen LogP contribution in [-0.2, 0) is 13.1 Å². The Kier molecular flexibility index (Phi) is 4.42. The molecule has 1 heterocycles. The van der Waals surface area contributed by atoms with E-state index in [0.29, 0.717) is 12.6 Å². The second-order valence-electron chi connectivity index (χ2n) is 3.69. The van der Waals surface area contributed by atoms with Crippen LogP contribution in [0.5, 0.6) is 0 Å². The van der Waals surface area contributed by atoms with Crippen LogP contribution in [-0.4, -0.2) is 0 Å². The van der Waals surface area contributed by atoms with E-state index in [9.17, 15) is 13.2 Å². The Morgan fingerprint density at radius 1 is 1.00 bits per heavy atom. The second kappa shape index (κ2) is 5.86. The van der Waals surface area contributed by atoms with Crippen LogP contribution in [0.3, 0.4) is 0 Å². The van der Waals surface area contributed by atoms with Crippen molar-refractivity contribution in [1.29, 1.82) is 0 Å². The Morgan fingerprint density at radius 3 is 2.39 bits per heavy atom. The van der Waals surface area contributed by atoms with Crippen LogP contribution in [0.15, 0.2) is 28.1 Å². The fourth-order valence-corrected chi connectivity index (χ4v) is 2.89. The Bertz CT molecular complexity index is 556. The number of hydrogen-bond acceptors (Lipinski definition) is 2. The number of thiophene rings is 1. The van der Waals surface area contributed by atoms with Crippen molar-refractivity contribution < 1.29 is 13.2 Å². The summed E-state index contributed by atoms with van der Waals surface area (Å²) >= 11 is 4.89. The molecule has 18 heavy (non-hydrogen) atoms. The number of hydrogen-bond donors (Lipinski definition) is 1. The molecule has 0 saturated carbocycles. The lowest BCUT2D eigenvalue weighted by Gasteiger charge is -2.05. The first-order valence-electron chi connectivity index (χ1n) is 5.13. The molecule has 0 fully saturated rings. The van der Waals surface area contributed by atoms with Gasteiger partial charge in [-0.15, -0.1) is 11.3 Å². The lowest BCUT2D eigenvalue weighted by molar-refractivity contribution is 0.487. The van der Waals surface area contributed by atoms with Crippen LogP contribution in [0.2, 0.25) is 0 Å². The minimum Gasteiger partial charge on any atom is -0.308 e. The zero-order chi connectivity index (χ0) is 13.1. The summed E-state index contributed by atoms with van der Waals surface area (Å²) < 4.78 is 39.9. The molecule has 1 aromatic carbocycles. The molecule has 0 aliphatic rings. The van der Waals surface area contributed by atoms with E-state index in [2.05, 4.69) is 21.2 Å². The molecule has 0 saturated heterocycles. The highest BCUT2D eigenvalue weighted by Gasteiger charge is 2.09. The van der Waals surface area contributed by atoms with Crippen molar-refractivity contribution in [2.45, 2.75) is 13.1 Å². The van der Waals surface area contributed by atoms with E-state index < -0.39 is 17.5 Å².